The van der Waals surface area contributed by atoms with Gasteiger partial charge < -0.3 is 10.2 Å². The standard InChI is InChI=1S/C18H17FO5S/c1-11-2-8-14(9-3-11)25(23,24)16-15(18(16,10-20)17(21)22)12-4-6-13(19)7-5-12/h2-9,15-16,20H,10H2,1H3,(H,21,22). The molecule has 132 valence electrons. The van der Waals surface area contributed by atoms with Crippen molar-refractivity contribution in [3.05, 3.63) is 65.5 Å². The minimum Gasteiger partial charge on any atom is -0.481 e. The molecule has 1 aliphatic carbocycles. The van der Waals surface area contributed by atoms with Gasteiger partial charge in [0.15, 0.2) is 9.84 Å². The van der Waals surface area contributed by atoms with Crippen molar-refractivity contribution in [1.82, 2.24) is 0 Å². The number of aryl methyl sites for hydroxylation is 1. The molecule has 7 heteroatoms. The molecule has 1 aliphatic rings. The van der Waals surface area contributed by atoms with E-state index < -0.39 is 44.8 Å². The van der Waals surface area contributed by atoms with E-state index in [2.05, 4.69) is 0 Å². The fourth-order valence-corrected chi connectivity index (χ4v) is 5.75. The van der Waals surface area contributed by atoms with Crippen LogP contribution in [0.2, 0.25) is 0 Å². The molecule has 0 spiro atoms. The monoisotopic (exact) mass is 364 g/mol. The van der Waals surface area contributed by atoms with Crippen LogP contribution in [0.15, 0.2) is 53.4 Å². The fourth-order valence-electron chi connectivity index (χ4n) is 3.39. The number of carboxylic acid groups (broad SMARTS) is 1. The van der Waals surface area contributed by atoms with Crippen molar-refractivity contribution in [3.8, 4) is 0 Å². The van der Waals surface area contributed by atoms with E-state index in [1.165, 1.54) is 24.3 Å². The quantitative estimate of drug-likeness (QED) is 0.848. The lowest BCUT2D eigenvalue weighted by molar-refractivity contribution is -0.145. The molecule has 0 bridgehead atoms. The molecule has 0 aliphatic heterocycles. The first-order chi connectivity index (χ1) is 11.7. The maximum atomic E-state index is 13.2. The number of halogens is 1. The van der Waals surface area contributed by atoms with Crippen molar-refractivity contribution in [1.29, 1.82) is 0 Å². The summed E-state index contributed by atoms with van der Waals surface area (Å²) in [7, 11) is -3.99. The van der Waals surface area contributed by atoms with E-state index in [0.29, 0.717) is 5.56 Å². The zero-order valence-corrected chi connectivity index (χ0v) is 14.2. The molecule has 2 N–H and O–H groups in total. The highest BCUT2D eigenvalue weighted by Gasteiger charge is 2.75. The van der Waals surface area contributed by atoms with Crippen LogP contribution in [-0.4, -0.2) is 36.5 Å². The Morgan fingerprint density at radius 2 is 1.68 bits per heavy atom. The Morgan fingerprint density at radius 3 is 2.16 bits per heavy atom. The summed E-state index contributed by atoms with van der Waals surface area (Å²) >= 11 is 0. The number of aliphatic hydroxyl groups is 1. The molecule has 0 saturated heterocycles. The summed E-state index contributed by atoms with van der Waals surface area (Å²) < 4.78 is 39.1. The lowest BCUT2D eigenvalue weighted by atomic mass is 10.0. The van der Waals surface area contributed by atoms with Crippen LogP contribution < -0.4 is 0 Å². The normalized spacial score (nSPS) is 25.6. The molecule has 5 nitrogen and oxygen atoms in total. The van der Waals surface area contributed by atoms with Gasteiger partial charge in [0.2, 0.25) is 0 Å². The van der Waals surface area contributed by atoms with Gasteiger partial charge in [-0.05, 0) is 36.8 Å². The summed E-state index contributed by atoms with van der Waals surface area (Å²) in [4.78, 5) is 11.8. The zero-order chi connectivity index (χ0) is 18.4. The summed E-state index contributed by atoms with van der Waals surface area (Å²) in [6.45, 7) is 0.990. The van der Waals surface area contributed by atoms with E-state index in [9.17, 15) is 27.8 Å². The summed E-state index contributed by atoms with van der Waals surface area (Å²) in [5.41, 5.74) is -0.586. The van der Waals surface area contributed by atoms with Crippen molar-refractivity contribution >= 4 is 15.8 Å². The number of rotatable bonds is 5. The highest BCUT2D eigenvalue weighted by Crippen LogP contribution is 2.64. The van der Waals surface area contributed by atoms with Crippen molar-refractivity contribution < 1.29 is 27.8 Å². The summed E-state index contributed by atoms with van der Waals surface area (Å²) in [6, 6.07) is 11.1. The van der Waals surface area contributed by atoms with Gasteiger partial charge in [-0.3, -0.25) is 4.79 Å². The Kier molecular flexibility index (Phi) is 4.17. The van der Waals surface area contributed by atoms with E-state index in [1.807, 2.05) is 6.92 Å². The van der Waals surface area contributed by atoms with Gasteiger partial charge >= 0.3 is 5.97 Å². The summed E-state index contributed by atoms with van der Waals surface area (Å²) in [5.74, 6) is -2.83. The van der Waals surface area contributed by atoms with Crippen LogP contribution in [0.4, 0.5) is 4.39 Å². The van der Waals surface area contributed by atoms with Crippen LogP contribution in [0.1, 0.15) is 17.0 Å². The molecule has 0 amide bonds. The maximum Gasteiger partial charge on any atom is 0.314 e. The zero-order valence-electron chi connectivity index (χ0n) is 13.4. The van der Waals surface area contributed by atoms with E-state index in [-0.39, 0.29) is 4.90 Å². The number of carbonyl (C=O) groups is 1. The molecule has 0 radical (unpaired) electrons. The summed E-state index contributed by atoms with van der Waals surface area (Å²) in [6.07, 6.45) is 0. The minimum absolute atomic E-state index is 0.00628. The molecule has 2 aromatic rings. The van der Waals surface area contributed by atoms with Gasteiger partial charge in [-0.25, -0.2) is 12.8 Å². The molecule has 3 rings (SSSR count). The lowest BCUT2D eigenvalue weighted by Crippen LogP contribution is -2.27. The molecule has 3 unspecified atom stereocenters. The molecule has 1 saturated carbocycles. The molecule has 25 heavy (non-hydrogen) atoms. The number of carboxylic acids is 1. The number of sulfone groups is 1. The topological polar surface area (TPSA) is 91.7 Å². The fraction of sp³-hybridized carbons (Fsp3) is 0.278. The third-order valence-corrected chi connectivity index (χ3v) is 7.12. The largest absolute Gasteiger partial charge is 0.481 e. The van der Waals surface area contributed by atoms with Gasteiger partial charge in [0.1, 0.15) is 11.2 Å². The Hall–Kier alpha value is -2.25. The third kappa shape index (κ3) is 2.63. The van der Waals surface area contributed by atoms with Crippen LogP contribution in [0.5, 0.6) is 0 Å². The first kappa shape index (κ1) is 17.6. The first-order valence-electron chi connectivity index (χ1n) is 7.65. The highest BCUT2D eigenvalue weighted by atomic mass is 32.2. The second-order valence-corrected chi connectivity index (χ2v) is 8.38. The Morgan fingerprint density at radius 1 is 1.12 bits per heavy atom. The second kappa shape index (κ2) is 5.93. The lowest BCUT2D eigenvalue weighted by Gasteiger charge is -2.09. The van der Waals surface area contributed by atoms with Crippen LogP contribution in [0.25, 0.3) is 0 Å². The van der Waals surface area contributed by atoms with Crippen molar-refractivity contribution in [3.63, 3.8) is 0 Å². The molecular weight excluding hydrogens is 347 g/mol. The van der Waals surface area contributed by atoms with Gasteiger partial charge in [0.05, 0.1) is 16.8 Å². The van der Waals surface area contributed by atoms with Gasteiger partial charge in [-0.2, -0.15) is 0 Å². The first-order valence-corrected chi connectivity index (χ1v) is 9.20. The number of hydrogen-bond donors (Lipinski definition) is 2. The van der Waals surface area contributed by atoms with Gasteiger partial charge in [0, 0.05) is 5.92 Å². The average Bonchev–Trinajstić information content (AvgIpc) is 3.27. The van der Waals surface area contributed by atoms with Crippen molar-refractivity contribution in [2.45, 2.75) is 23.0 Å². The Bertz CT molecular complexity index is 905. The van der Waals surface area contributed by atoms with Gasteiger partial charge in [-0.15, -0.1) is 0 Å². The van der Waals surface area contributed by atoms with Crippen LogP contribution >= 0.6 is 0 Å². The smallest absolute Gasteiger partial charge is 0.314 e. The molecule has 3 atom stereocenters. The highest BCUT2D eigenvalue weighted by molar-refractivity contribution is 7.92. The van der Waals surface area contributed by atoms with Gasteiger partial charge in [0.25, 0.3) is 0 Å². The number of aliphatic hydroxyl groups excluding tert-OH is 1. The van der Waals surface area contributed by atoms with Crippen molar-refractivity contribution in [2.75, 3.05) is 6.61 Å². The summed E-state index contributed by atoms with van der Waals surface area (Å²) in [5, 5.41) is 18.0. The van der Waals surface area contributed by atoms with E-state index in [0.717, 1.165) is 17.7 Å². The SMILES string of the molecule is Cc1ccc(S(=O)(=O)C2C(c3ccc(F)cc3)C2(CO)C(=O)O)cc1. The molecule has 0 heterocycles. The number of hydrogen-bond acceptors (Lipinski definition) is 4. The Labute approximate surface area is 144 Å². The van der Waals surface area contributed by atoms with E-state index in [4.69, 9.17) is 0 Å². The van der Waals surface area contributed by atoms with Crippen LogP contribution in [0, 0.1) is 18.2 Å². The van der Waals surface area contributed by atoms with Gasteiger partial charge in [-0.1, -0.05) is 29.8 Å². The molecular formula is C18H17FO5S. The predicted octanol–water partition coefficient (Wildman–Crippen LogP) is 2.14. The predicted molar refractivity (Wildman–Crippen MR) is 88.4 cm³/mol. The number of aliphatic carboxylic acids is 1. The minimum atomic E-state index is -3.99. The molecule has 1 fully saturated rings. The number of benzene rings is 2. The second-order valence-electron chi connectivity index (χ2n) is 6.31. The molecule has 0 aromatic heterocycles. The molecule has 2 aromatic carbocycles. The average molecular weight is 364 g/mol. The van der Waals surface area contributed by atoms with Crippen LogP contribution in [-0.2, 0) is 14.6 Å². The third-order valence-electron chi connectivity index (χ3n) is 4.83. The van der Waals surface area contributed by atoms with Crippen molar-refractivity contribution in [2.24, 2.45) is 5.41 Å². The van der Waals surface area contributed by atoms with E-state index in [1.54, 1.807) is 12.1 Å². The van der Waals surface area contributed by atoms with E-state index >= 15 is 0 Å². The van der Waals surface area contributed by atoms with Crippen LogP contribution in [0.3, 0.4) is 0 Å². The Balaban J connectivity index is 2.10. The maximum absolute atomic E-state index is 13.2.